The van der Waals surface area contributed by atoms with E-state index in [9.17, 15) is 17.9 Å². The van der Waals surface area contributed by atoms with Crippen LogP contribution >= 0.6 is 23.2 Å². The first-order valence-corrected chi connectivity index (χ1v) is 8.20. The molecule has 0 aromatic heterocycles. The van der Waals surface area contributed by atoms with Gasteiger partial charge < -0.3 is 5.11 Å². The third-order valence-electron chi connectivity index (χ3n) is 2.65. The average Bonchev–Trinajstić information content (AvgIpc) is 2.32. The van der Waals surface area contributed by atoms with E-state index in [1.807, 2.05) is 0 Å². The summed E-state index contributed by atoms with van der Waals surface area (Å²) in [6.45, 7) is 3.53. The van der Waals surface area contributed by atoms with Crippen molar-refractivity contribution in [1.29, 1.82) is 0 Å². The van der Waals surface area contributed by atoms with Gasteiger partial charge in [-0.15, -0.1) is 0 Å². The maximum Gasteiger partial charge on any atom is 0.242 e. The van der Waals surface area contributed by atoms with Gasteiger partial charge in [0.2, 0.25) is 10.0 Å². The molecule has 0 bridgehead atoms. The molecule has 0 aliphatic heterocycles. The van der Waals surface area contributed by atoms with Crippen LogP contribution in [0.15, 0.2) is 17.0 Å². The van der Waals surface area contributed by atoms with Crippen LogP contribution in [-0.2, 0) is 10.0 Å². The first-order valence-electron chi connectivity index (χ1n) is 5.96. The van der Waals surface area contributed by atoms with E-state index in [2.05, 4.69) is 4.72 Å². The third-order valence-corrected chi connectivity index (χ3v) is 4.89. The van der Waals surface area contributed by atoms with Gasteiger partial charge in [-0.05, 0) is 31.4 Å². The van der Waals surface area contributed by atoms with Gasteiger partial charge in [-0.25, -0.2) is 17.5 Å². The fraction of sp³-hybridized carbons (Fsp3) is 0.500. The van der Waals surface area contributed by atoms with E-state index < -0.39 is 27.0 Å². The van der Waals surface area contributed by atoms with E-state index in [4.69, 9.17) is 23.2 Å². The predicted molar refractivity (Wildman–Crippen MR) is 77.1 cm³/mol. The highest BCUT2D eigenvalue weighted by Gasteiger charge is 2.22. The lowest BCUT2D eigenvalue weighted by Gasteiger charge is -2.15. The van der Waals surface area contributed by atoms with Gasteiger partial charge in [0.05, 0.1) is 16.1 Å². The van der Waals surface area contributed by atoms with Crippen LogP contribution in [0.2, 0.25) is 10.0 Å². The molecule has 0 radical (unpaired) electrons. The van der Waals surface area contributed by atoms with Gasteiger partial charge >= 0.3 is 0 Å². The Morgan fingerprint density at radius 2 is 1.95 bits per heavy atom. The van der Waals surface area contributed by atoms with Crippen molar-refractivity contribution < 1.29 is 17.9 Å². The molecule has 2 atom stereocenters. The van der Waals surface area contributed by atoms with Gasteiger partial charge in [-0.2, -0.15) is 0 Å². The lowest BCUT2D eigenvalue weighted by atomic mass is 10.1. The summed E-state index contributed by atoms with van der Waals surface area (Å²) >= 11 is 11.2. The maximum atomic E-state index is 13.5. The van der Waals surface area contributed by atoms with Gasteiger partial charge in [0.15, 0.2) is 5.82 Å². The van der Waals surface area contributed by atoms with Crippen LogP contribution in [0, 0.1) is 11.7 Å². The highest BCUT2D eigenvalue weighted by molar-refractivity contribution is 7.89. The van der Waals surface area contributed by atoms with E-state index in [0.29, 0.717) is 6.42 Å². The van der Waals surface area contributed by atoms with Crippen LogP contribution in [0.3, 0.4) is 0 Å². The molecule has 0 aliphatic rings. The number of sulfonamides is 1. The molecule has 1 rings (SSSR count). The van der Waals surface area contributed by atoms with Crippen molar-refractivity contribution in [2.75, 3.05) is 6.54 Å². The zero-order chi connectivity index (χ0) is 15.5. The minimum Gasteiger partial charge on any atom is -0.393 e. The highest BCUT2D eigenvalue weighted by atomic mass is 35.5. The predicted octanol–water partition coefficient (Wildman–Crippen LogP) is 2.82. The Labute approximate surface area is 127 Å². The minimum atomic E-state index is -3.92. The molecule has 0 saturated carbocycles. The van der Waals surface area contributed by atoms with Crippen molar-refractivity contribution in [3.8, 4) is 0 Å². The fourth-order valence-electron chi connectivity index (χ4n) is 1.71. The molecule has 4 nitrogen and oxygen atoms in total. The molecule has 0 spiro atoms. The van der Waals surface area contributed by atoms with Gasteiger partial charge in [-0.1, -0.05) is 30.1 Å². The summed E-state index contributed by atoms with van der Waals surface area (Å²) in [6.07, 6.45) is -0.0725. The van der Waals surface area contributed by atoms with Crippen molar-refractivity contribution >= 4 is 33.2 Å². The van der Waals surface area contributed by atoms with Crippen molar-refractivity contribution in [3.05, 3.63) is 28.0 Å². The fourth-order valence-corrected chi connectivity index (χ4v) is 3.62. The van der Waals surface area contributed by atoms with Crippen LogP contribution in [-0.4, -0.2) is 26.2 Å². The second-order valence-corrected chi connectivity index (χ2v) is 7.24. The second kappa shape index (κ2) is 7.04. The van der Waals surface area contributed by atoms with Crippen molar-refractivity contribution in [2.24, 2.45) is 5.92 Å². The average molecular weight is 344 g/mol. The summed E-state index contributed by atoms with van der Waals surface area (Å²) in [7, 11) is -3.92. The number of aliphatic hydroxyl groups excluding tert-OH is 1. The molecule has 0 heterocycles. The SMILES string of the molecule is CC(O)CC(C)CNS(=O)(=O)c1ccc(Cl)c(F)c1Cl. The van der Waals surface area contributed by atoms with Gasteiger partial charge in [-0.3, -0.25) is 0 Å². The Bertz CT molecular complexity index is 578. The summed E-state index contributed by atoms with van der Waals surface area (Å²) in [5, 5.41) is 8.44. The first kappa shape index (κ1) is 17.7. The first-order chi connectivity index (χ1) is 9.15. The van der Waals surface area contributed by atoms with Crippen LogP contribution in [0.4, 0.5) is 4.39 Å². The van der Waals surface area contributed by atoms with Crippen LogP contribution < -0.4 is 4.72 Å². The normalized spacial score (nSPS) is 15.1. The Morgan fingerprint density at radius 3 is 2.50 bits per heavy atom. The second-order valence-electron chi connectivity index (χ2n) is 4.72. The Kier molecular flexibility index (Phi) is 6.22. The minimum absolute atomic E-state index is 0.0688. The van der Waals surface area contributed by atoms with Crippen LogP contribution in [0.25, 0.3) is 0 Å². The summed E-state index contributed by atoms with van der Waals surface area (Å²) < 4.78 is 39.9. The van der Waals surface area contributed by atoms with E-state index in [1.165, 1.54) is 0 Å². The van der Waals surface area contributed by atoms with Crippen LogP contribution in [0.1, 0.15) is 20.3 Å². The van der Waals surface area contributed by atoms with E-state index >= 15 is 0 Å². The summed E-state index contributed by atoms with van der Waals surface area (Å²) in [5.41, 5.74) is 0. The quantitative estimate of drug-likeness (QED) is 0.780. The topological polar surface area (TPSA) is 66.4 Å². The van der Waals surface area contributed by atoms with Crippen molar-refractivity contribution in [1.82, 2.24) is 4.72 Å². The molecular formula is C12H16Cl2FNO3S. The molecule has 20 heavy (non-hydrogen) atoms. The maximum absolute atomic E-state index is 13.5. The number of nitrogens with one attached hydrogen (secondary N) is 1. The van der Waals surface area contributed by atoms with Gasteiger partial charge in [0.1, 0.15) is 4.90 Å². The zero-order valence-electron chi connectivity index (χ0n) is 11.0. The molecule has 8 heteroatoms. The Balaban J connectivity index is 2.87. The number of hydrogen-bond donors (Lipinski definition) is 2. The molecule has 2 N–H and O–H groups in total. The lowest BCUT2D eigenvalue weighted by molar-refractivity contribution is 0.165. The molecular weight excluding hydrogens is 328 g/mol. The number of aliphatic hydroxyl groups is 1. The monoisotopic (exact) mass is 343 g/mol. The van der Waals surface area contributed by atoms with Crippen molar-refractivity contribution in [2.45, 2.75) is 31.3 Å². The molecule has 1 aromatic carbocycles. The van der Waals surface area contributed by atoms with E-state index in [1.54, 1.807) is 13.8 Å². The molecule has 0 aliphatic carbocycles. The molecule has 1 aromatic rings. The Hall–Kier alpha value is -0.400. The summed E-state index contributed by atoms with van der Waals surface area (Å²) in [5.74, 6) is -1.03. The molecule has 0 fully saturated rings. The third kappa shape index (κ3) is 4.56. The zero-order valence-corrected chi connectivity index (χ0v) is 13.4. The number of benzene rings is 1. The largest absolute Gasteiger partial charge is 0.393 e. The molecule has 0 saturated heterocycles. The smallest absolute Gasteiger partial charge is 0.242 e. The number of hydrogen-bond acceptors (Lipinski definition) is 3. The number of halogens is 3. The number of rotatable bonds is 6. The van der Waals surface area contributed by atoms with Crippen LogP contribution in [0.5, 0.6) is 0 Å². The molecule has 2 unspecified atom stereocenters. The molecule has 114 valence electrons. The molecule has 0 amide bonds. The Morgan fingerprint density at radius 1 is 1.35 bits per heavy atom. The van der Waals surface area contributed by atoms with Crippen molar-refractivity contribution in [3.63, 3.8) is 0 Å². The summed E-state index contributed by atoms with van der Waals surface area (Å²) in [6, 6.07) is 2.28. The van der Waals surface area contributed by atoms with Gasteiger partial charge in [0.25, 0.3) is 0 Å². The lowest BCUT2D eigenvalue weighted by Crippen LogP contribution is -2.30. The van der Waals surface area contributed by atoms with E-state index in [-0.39, 0.29) is 22.4 Å². The van der Waals surface area contributed by atoms with Gasteiger partial charge in [0, 0.05) is 6.54 Å². The standard InChI is InChI=1S/C12H16Cl2FNO3S/c1-7(5-8(2)17)6-16-20(18,19)10-4-3-9(13)12(15)11(10)14/h3-4,7-8,16-17H,5-6H2,1-2H3. The highest BCUT2D eigenvalue weighted by Crippen LogP contribution is 2.29. The summed E-state index contributed by atoms with van der Waals surface area (Å²) in [4.78, 5) is -0.356. The van der Waals surface area contributed by atoms with E-state index in [0.717, 1.165) is 12.1 Å².